The SMILES string of the molecule is CC1CC(N(C)C(=O)N2c3ccccc3C(=O)Nc3cccnc32)CCN1C. The molecule has 0 spiro atoms. The van der Waals surface area contributed by atoms with E-state index in [1.807, 2.05) is 13.1 Å². The number of rotatable bonds is 1. The van der Waals surface area contributed by atoms with E-state index in [-0.39, 0.29) is 18.0 Å². The van der Waals surface area contributed by atoms with Crippen LogP contribution in [0.15, 0.2) is 42.6 Å². The molecule has 2 unspecified atom stereocenters. The molecule has 146 valence electrons. The molecule has 3 amide bonds. The minimum absolute atomic E-state index is 0.143. The summed E-state index contributed by atoms with van der Waals surface area (Å²) in [5.74, 6) is 0.203. The monoisotopic (exact) mass is 379 g/mol. The fraction of sp³-hybridized carbons (Fsp3) is 0.381. The standard InChI is InChI=1S/C21H25N5O2/c1-14-13-15(10-12-24(14)2)25(3)21(28)26-18-9-5-4-7-16(18)20(27)23-17-8-6-11-22-19(17)26/h4-9,11,14-15H,10,12-13H2,1-3H3,(H,23,27). The number of nitrogens with zero attached hydrogens (tertiary/aromatic N) is 4. The van der Waals surface area contributed by atoms with Crippen molar-refractivity contribution in [1.29, 1.82) is 0 Å². The van der Waals surface area contributed by atoms with Gasteiger partial charge in [-0.2, -0.15) is 0 Å². The van der Waals surface area contributed by atoms with E-state index in [4.69, 9.17) is 0 Å². The maximum absolute atomic E-state index is 13.6. The van der Waals surface area contributed by atoms with E-state index in [0.717, 1.165) is 19.4 Å². The Bertz CT molecular complexity index is 915. The molecular weight excluding hydrogens is 354 g/mol. The largest absolute Gasteiger partial charge is 0.330 e. The van der Waals surface area contributed by atoms with E-state index in [2.05, 4.69) is 29.2 Å². The molecule has 1 aromatic carbocycles. The number of anilines is 3. The molecule has 1 saturated heterocycles. The number of hydrogen-bond acceptors (Lipinski definition) is 4. The summed E-state index contributed by atoms with van der Waals surface area (Å²) >= 11 is 0. The summed E-state index contributed by atoms with van der Waals surface area (Å²) in [7, 11) is 3.96. The van der Waals surface area contributed by atoms with Gasteiger partial charge in [0.2, 0.25) is 0 Å². The van der Waals surface area contributed by atoms with Crippen molar-refractivity contribution < 1.29 is 9.59 Å². The van der Waals surface area contributed by atoms with Gasteiger partial charge in [-0.15, -0.1) is 0 Å². The topological polar surface area (TPSA) is 68.8 Å². The lowest BCUT2D eigenvalue weighted by atomic mass is 9.98. The highest BCUT2D eigenvalue weighted by atomic mass is 16.2. The average molecular weight is 379 g/mol. The van der Waals surface area contributed by atoms with Gasteiger partial charge in [0.15, 0.2) is 5.82 Å². The lowest BCUT2D eigenvalue weighted by molar-refractivity contribution is 0.102. The first-order valence-electron chi connectivity index (χ1n) is 9.60. The quantitative estimate of drug-likeness (QED) is 0.825. The molecule has 2 aliphatic rings. The maximum Gasteiger partial charge on any atom is 0.330 e. The van der Waals surface area contributed by atoms with E-state index >= 15 is 0 Å². The van der Waals surface area contributed by atoms with Crippen LogP contribution in [0, 0.1) is 0 Å². The zero-order valence-electron chi connectivity index (χ0n) is 16.4. The number of fused-ring (bicyclic) bond motifs is 2. The van der Waals surface area contributed by atoms with Crippen molar-refractivity contribution in [3.63, 3.8) is 0 Å². The fourth-order valence-electron chi connectivity index (χ4n) is 3.96. The maximum atomic E-state index is 13.6. The Balaban J connectivity index is 1.75. The second-order valence-electron chi connectivity index (χ2n) is 7.58. The average Bonchev–Trinajstić information content (AvgIpc) is 2.83. The van der Waals surface area contributed by atoms with Crippen molar-refractivity contribution in [2.45, 2.75) is 31.8 Å². The number of nitrogens with one attached hydrogen (secondary N) is 1. The van der Waals surface area contributed by atoms with Crippen molar-refractivity contribution in [3.8, 4) is 0 Å². The van der Waals surface area contributed by atoms with Crippen LogP contribution in [0.4, 0.5) is 22.0 Å². The Hall–Kier alpha value is -2.93. The molecule has 3 heterocycles. The normalized spacial score (nSPS) is 22.0. The predicted octanol–water partition coefficient (Wildman–Crippen LogP) is 3.32. The van der Waals surface area contributed by atoms with Gasteiger partial charge in [0, 0.05) is 31.9 Å². The van der Waals surface area contributed by atoms with Crippen LogP contribution in [0.3, 0.4) is 0 Å². The Morgan fingerprint density at radius 3 is 2.82 bits per heavy atom. The van der Waals surface area contributed by atoms with Crippen LogP contribution in [0.1, 0.15) is 30.1 Å². The summed E-state index contributed by atoms with van der Waals surface area (Å²) in [6.45, 7) is 3.14. The molecule has 2 aromatic rings. The van der Waals surface area contributed by atoms with Gasteiger partial charge in [-0.25, -0.2) is 14.7 Å². The van der Waals surface area contributed by atoms with Gasteiger partial charge in [0.05, 0.1) is 16.9 Å². The fourth-order valence-corrected chi connectivity index (χ4v) is 3.96. The molecule has 7 heteroatoms. The van der Waals surface area contributed by atoms with Crippen LogP contribution in [0.25, 0.3) is 0 Å². The molecule has 4 rings (SSSR count). The number of carbonyl (C=O) groups is 2. The molecular formula is C21H25N5O2. The summed E-state index contributed by atoms with van der Waals surface area (Å²) in [6.07, 6.45) is 3.47. The first kappa shape index (κ1) is 18.4. The molecule has 0 saturated carbocycles. The van der Waals surface area contributed by atoms with Crippen molar-refractivity contribution in [2.24, 2.45) is 0 Å². The van der Waals surface area contributed by atoms with Crippen LogP contribution in [-0.4, -0.2) is 59.4 Å². The minimum atomic E-state index is -0.240. The van der Waals surface area contributed by atoms with Crippen LogP contribution in [-0.2, 0) is 0 Å². The number of para-hydroxylation sites is 1. The number of aromatic nitrogens is 1. The van der Waals surface area contributed by atoms with Gasteiger partial charge in [-0.1, -0.05) is 12.1 Å². The highest BCUT2D eigenvalue weighted by molar-refractivity contribution is 6.16. The highest BCUT2D eigenvalue weighted by Crippen LogP contribution is 2.37. The lowest BCUT2D eigenvalue weighted by Crippen LogP contribution is -2.51. The van der Waals surface area contributed by atoms with Crippen molar-refractivity contribution in [1.82, 2.24) is 14.8 Å². The minimum Gasteiger partial charge on any atom is -0.324 e. The number of urea groups is 1. The first-order valence-corrected chi connectivity index (χ1v) is 9.60. The molecule has 0 radical (unpaired) electrons. The molecule has 1 aromatic heterocycles. The Labute approximate surface area is 164 Å². The number of amides is 3. The molecule has 28 heavy (non-hydrogen) atoms. The molecule has 1 N–H and O–H groups in total. The molecule has 2 atom stereocenters. The highest BCUT2D eigenvalue weighted by Gasteiger charge is 2.35. The van der Waals surface area contributed by atoms with Crippen molar-refractivity contribution >= 4 is 29.1 Å². The first-order chi connectivity index (χ1) is 13.5. The van der Waals surface area contributed by atoms with E-state index < -0.39 is 0 Å². The van der Waals surface area contributed by atoms with Gasteiger partial charge in [0.1, 0.15) is 0 Å². The molecule has 7 nitrogen and oxygen atoms in total. The molecule has 1 fully saturated rings. The Kier molecular flexibility index (Phi) is 4.77. The third kappa shape index (κ3) is 3.11. The van der Waals surface area contributed by atoms with E-state index in [1.165, 1.54) is 0 Å². The Morgan fingerprint density at radius 1 is 1.25 bits per heavy atom. The molecule has 0 bridgehead atoms. The van der Waals surface area contributed by atoms with Crippen LogP contribution < -0.4 is 10.2 Å². The number of pyridine rings is 1. The van der Waals surface area contributed by atoms with Gasteiger partial charge in [-0.05, 0) is 51.1 Å². The number of piperidine rings is 1. The zero-order chi connectivity index (χ0) is 19.8. The summed E-state index contributed by atoms with van der Waals surface area (Å²) in [6, 6.07) is 11.1. The van der Waals surface area contributed by atoms with Gasteiger partial charge in [-0.3, -0.25) is 4.79 Å². The Morgan fingerprint density at radius 2 is 2.04 bits per heavy atom. The second kappa shape index (κ2) is 7.24. The number of benzene rings is 1. The second-order valence-corrected chi connectivity index (χ2v) is 7.58. The van der Waals surface area contributed by atoms with Crippen LogP contribution in [0.5, 0.6) is 0 Å². The van der Waals surface area contributed by atoms with E-state index in [0.29, 0.717) is 28.8 Å². The van der Waals surface area contributed by atoms with Gasteiger partial charge in [0.25, 0.3) is 5.91 Å². The molecule has 2 aliphatic heterocycles. The third-order valence-corrected chi connectivity index (χ3v) is 5.86. The summed E-state index contributed by atoms with van der Waals surface area (Å²) in [5, 5.41) is 2.87. The van der Waals surface area contributed by atoms with Crippen molar-refractivity contribution in [3.05, 3.63) is 48.2 Å². The van der Waals surface area contributed by atoms with E-state index in [9.17, 15) is 9.59 Å². The summed E-state index contributed by atoms with van der Waals surface area (Å²) in [5.41, 5.74) is 1.54. The summed E-state index contributed by atoms with van der Waals surface area (Å²) < 4.78 is 0. The molecule has 0 aliphatic carbocycles. The summed E-state index contributed by atoms with van der Waals surface area (Å²) in [4.78, 5) is 36.4. The predicted molar refractivity (Wildman–Crippen MR) is 109 cm³/mol. The number of likely N-dealkylation sites (tertiary alicyclic amines) is 1. The zero-order valence-corrected chi connectivity index (χ0v) is 16.4. The van der Waals surface area contributed by atoms with Gasteiger partial charge >= 0.3 is 6.03 Å². The van der Waals surface area contributed by atoms with Crippen molar-refractivity contribution in [2.75, 3.05) is 30.9 Å². The number of carbonyl (C=O) groups excluding carboxylic acids is 2. The van der Waals surface area contributed by atoms with Gasteiger partial charge < -0.3 is 15.1 Å². The van der Waals surface area contributed by atoms with Crippen LogP contribution in [0.2, 0.25) is 0 Å². The van der Waals surface area contributed by atoms with E-state index in [1.54, 1.807) is 46.3 Å². The van der Waals surface area contributed by atoms with Crippen LogP contribution >= 0.6 is 0 Å². The number of hydrogen-bond donors (Lipinski definition) is 1. The lowest BCUT2D eigenvalue weighted by Gasteiger charge is -2.40. The third-order valence-electron chi connectivity index (χ3n) is 5.86. The smallest absolute Gasteiger partial charge is 0.324 e.